The minimum atomic E-state index is -0.160. The summed E-state index contributed by atoms with van der Waals surface area (Å²) in [7, 11) is 0. The second-order valence-electron chi connectivity index (χ2n) is 1.45. The monoisotopic (exact) mass is 174 g/mol. The molecule has 1 aromatic heterocycles. The number of aliphatic hydroxyl groups excluding tert-OH is 1. The van der Waals surface area contributed by atoms with Crippen molar-refractivity contribution < 1.29 is 5.11 Å². The van der Waals surface area contributed by atoms with Gasteiger partial charge in [-0.15, -0.1) is 0 Å². The molecule has 1 heterocycles. The van der Waals surface area contributed by atoms with E-state index in [0.29, 0.717) is 5.69 Å². The normalized spacial score (nSPS) is 8.36. The fourth-order valence-corrected chi connectivity index (χ4v) is 0.621. The highest BCUT2D eigenvalue weighted by atomic mass is 35.5. The number of aromatic nitrogens is 2. The van der Waals surface area contributed by atoms with Crippen LogP contribution in [-0.2, 0) is 6.61 Å². The van der Waals surface area contributed by atoms with Gasteiger partial charge in [0.05, 0.1) is 6.61 Å². The molecule has 0 atom stereocenters. The van der Waals surface area contributed by atoms with Crippen LogP contribution < -0.4 is 0 Å². The first-order valence-corrected chi connectivity index (χ1v) is 3.78. The fourth-order valence-electron chi connectivity index (χ4n) is 0.456. The molecule has 62 valence electrons. The van der Waals surface area contributed by atoms with Crippen molar-refractivity contribution in [1.82, 2.24) is 9.97 Å². The highest BCUT2D eigenvalue weighted by Crippen LogP contribution is 2.06. The SMILES string of the molecule is CC.OCc1nccnc1Cl. The van der Waals surface area contributed by atoms with E-state index in [1.165, 1.54) is 12.4 Å². The molecule has 3 nitrogen and oxygen atoms in total. The number of aliphatic hydroxyl groups is 1. The lowest BCUT2D eigenvalue weighted by molar-refractivity contribution is 0.276. The van der Waals surface area contributed by atoms with Gasteiger partial charge in [0.15, 0.2) is 5.15 Å². The highest BCUT2D eigenvalue weighted by Gasteiger charge is 1.96. The molecule has 0 aliphatic heterocycles. The molecule has 0 unspecified atom stereocenters. The quantitative estimate of drug-likeness (QED) is 0.704. The van der Waals surface area contributed by atoms with E-state index in [4.69, 9.17) is 16.7 Å². The van der Waals surface area contributed by atoms with Crippen LogP contribution in [0, 0.1) is 0 Å². The standard InChI is InChI=1S/C5H5ClN2O.C2H6/c6-5-4(3-9)7-1-2-8-5;1-2/h1-2,9H,3H2;1-2H3. The lowest BCUT2D eigenvalue weighted by Gasteiger charge is -1.93. The van der Waals surface area contributed by atoms with Crippen molar-refractivity contribution in [3.8, 4) is 0 Å². The predicted octanol–water partition coefficient (Wildman–Crippen LogP) is 1.65. The molecule has 0 aromatic carbocycles. The molecular weight excluding hydrogens is 164 g/mol. The van der Waals surface area contributed by atoms with Crippen LogP contribution in [0.2, 0.25) is 5.15 Å². The van der Waals surface area contributed by atoms with Crippen molar-refractivity contribution in [3.63, 3.8) is 0 Å². The number of hydrogen-bond acceptors (Lipinski definition) is 3. The van der Waals surface area contributed by atoms with Crippen LogP contribution in [0.25, 0.3) is 0 Å². The van der Waals surface area contributed by atoms with Gasteiger partial charge in [0.1, 0.15) is 5.69 Å². The lowest BCUT2D eigenvalue weighted by atomic mass is 10.5. The van der Waals surface area contributed by atoms with Crippen LogP contribution in [0.15, 0.2) is 12.4 Å². The Kier molecular flexibility index (Phi) is 5.70. The fraction of sp³-hybridized carbons (Fsp3) is 0.429. The van der Waals surface area contributed by atoms with Gasteiger partial charge in [0.25, 0.3) is 0 Å². The molecule has 0 fully saturated rings. The van der Waals surface area contributed by atoms with Crippen molar-refractivity contribution in [2.45, 2.75) is 20.5 Å². The van der Waals surface area contributed by atoms with E-state index >= 15 is 0 Å². The van der Waals surface area contributed by atoms with Crippen LogP contribution in [-0.4, -0.2) is 15.1 Å². The molecule has 1 N–H and O–H groups in total. The summed E-state index contributed by atoms with van der Waals surface area (Å²) in [4.78, 5) is 7.45. The van der Waals surface area contributed by atoms with E-state index in [1.54, 1.807) is 0 Å². The average molecular weight is 175 g/mol. The Morgan fingerprint density at radius 2 is 1.91 bits per heavy atom. The van der Waals surface area contributed by atoms with Gasteiger partial charge in [-0.1, -0.05) is 25.4 Å². The molecule has 0 amide bonds. The first-order valence-electron chi connectivity index (χ1n) is 3.41. The van der Waals surface area contributed by atoms with Crippen LogP contribution in [0.4, 0.5) is 0 Å². The summed E-state index contributed by atoms with van der Waals surface area (Å²) in [6, 6.07) is 0. The zero-order chi connectivity index (χ0) is 8.69. The third-order valence-electron chi connectivity index (χ3n) is 0.873. The van der Waals surface area contributed by atoms with E-state index in [1.807, 2.05) is 13.8 Å². The van der Waals surface area contributed by atoms with E-state index in [-0.39, 0.29) is 11.8 Å². The first-order chi connectivity index (χ1) is 5.34. The second kappa shape index (κ2) is 6.07. The number of rotatable bonds is 1. The summed E-state index contributed by atoms with van der Waals surface area (Å²) >= 11 is 5.49. The molecule has 0 bridgehead atoms. The van der Waals surface area contributed by atoms with Crippen LogP contribution >= 0.6 is 11.6 Å². The van der Waals surface area contributed by atoms with Crippen molar-refractivity contribution in [3.05, 3.63) is 23.2 Å². The first kappa shape index (κ1) is 10.3. The molecule has 0 aliphatic carbocycles. The zero-order valence-corrected chi connectivity index (χ0v) is 7.34. The molecule has 0 radical (unpaired) electrons. The number of hydrogen-bond donors (Lipinski definition) is 1. The molecule has 0 spiro atoms. The van der Waals surface area contributed by atoms with E-state index in [0.717, 1.165) is 0 Å². The van der Waals surface area contributed by atoms with Gasteiger partial charge in [-0.05, 0) is 0 Å². The molecule has 0 aliphatic rings. The predicted molar refractivity (Wildman–Crippen MR) is 44.3 cm³/mol. The third-order valence-corrected chi connectivity index (χ3v) is 1.19. The maximum absolute atomic E-state index is 8.53. The smallest absolute Gasteiger partial charge is 0.152 e. The van der Waals surface area contributed by atoms with Gasteiger partial charge in [0.2, 0.25) is 0 Å². The highest BCUT2D eigenvalue weighted by molar-refractivity contribution is 6.29. The molecular formula is C7H11ClN2O. The molecule has 1 aromatic rings. The number of nitrogens with zero attached hydrogens (tertiary/aromatic N) is 2. The topological polar surface area (TPSA) is 46.0 Å². The molecule has 1 rings (SSSR count). The summed E-state index contributed by atoms with van der Waals surface area (Å²) in [5.74, 6) is 0. The summed E-state index contributed by atoms with van der Waals surface area (Å²) in [5, 5.41) is 8.80. The Morgan fingerprint density at radius 1 is 1.36 bits per heavy atom. The van der Waals surface area contributed by atoms with Crippen molar-refractivity contribution >= 4 is 11.6 Å². The van der Waals surface area contributed by atoms with Crippen molar-refractivity contribution in [1.29, 1.82) is 0 Å². The van der Waals surface area contributed by atoms with Crippen LogP contribution in [0.1, 0.15) is 19.5 Å². The van der Waals surface area contributed by atoms with Crippen LogP contribution in [0.3, 0.4) is 0 Å². The van der Waals surface area contributed by atoms with Crippen molar-refractivity contribution in [2.75, 3.05) is 0 Å². The number of halogens is 1. The van der Waals surface area contributed by atoms with Crippen LogP contribution in [0.5, 0.6) is 0 Å². The van der Waals surface area contributed by atoms with Gasteiger partial charge in [-0.2, -0.15) is 0 Å². The van der Waals surface area contributed by atoms with Gasteiger partial charge in [0, 0.05) is 12.4 Å². The molecule has 4 heteroatoms. The Morgan fingerprint density at radius 3 is 2.27 bits per heavy atom. The summed E-state index contributed by atoms with van der Waals surface area (Å²) in [6.07, 6.45) is 2.96. The summed E-state index contributed by atoms with van der Waals surface area (Å²) in [5.41, 5.74) is 0.416. The van der Waals surface area contributed by atoms with Crippen molar-refractivity contribution in [2.24, 2.45) is 0 Å². The molecule has 11 heavy (non-hydrogen) atoms. The molecule has 0 saturated heterocycles. The summed E-state index contributed by atoms with van der Waals surface area (Å²) in [6.45, 7) is 3.84. The van der Waals surface area contributed by atoms with E-state index < -0.39 is 0 Å². The Bertz CT molecular complexity index is 205. The van der Waals surface area contributed by atoms with Gasteiger partial charge >= 0.3 is 0 Å². The summed E-state index contributed by atoms with van der Waals surface area (Å²) < 4.78 is 0. The zero-order valence-electron chi connectivity index (χ0n) is 6.58. The maximum Gasteiger partial charge on any atom is 0.152 e. The lowest BCUT2D eigenvalue weighted by Crippen LogP contribution is -1.90. The van der Waals surface area contributed by atoms with Gasteiger partial charge in [-0.25, -0.2) is 4.98 Å². The van der Waals surface area contributed by atoms with Gasteiger partial charge in [-0.3, -0.25) is 4.98 Å². The maximum atomic E-state index is 8.53. The Labute approximate surface area is 71.1 Å². The Balaban J connectivity index is 0.000000461. The molecule has 0 saturated carbocycles. The second-order valence-corrected chi connectivity index (χ2v) is 1.81. The average Bonchev–Trinajstić information content (AvgIpc) is 2.09. The Hall–Kier alpha value is -0.670. The third kappa shape index (κ3) is 3.30. The van der Waals surface area contributed by atoms with E-state index in [9.17, 15) is 0 Å². The largest absolute Gasteiger partial charge is 0.390 e. The minimum absolute atomic E-state index is 0.160. The minimum Gasteiger partial charge on any atom is -0.390 e. The van der Waals surface area contributed by atoms with E-state index in [2.05, 4.69) is 9.97 Å². The van der Waals surface area contributed by atoms with Gasteiger partial charge < -0.3 is 5.11 Å².